The minimum atomic E-state index is -1.05. The van der Waals surface area contributed by atoms with E-state index in [1.165, 1.54) is 18.0 Å². The maximum absolute atomic E-state index is 12.2. The number of nitrogens with one attached hydrogen (secondary N) is 3. The number of anilines is 5. The number of carboxylic acids is 1. The molecular formula is C21H19ClN6O4S. The molecule has 0 aliphatic carbocycles. The second-order valence-corrected chi connectivity index (χ2v) is 8.65. The monoisotopic (exact) mass is 486 g/mol. The van der Waals surface area contributed by atoms with Crippen molar-refractivity contribution in [2.45, 2.75) is 20.4 Å². The highest BCUT2D eigenvalue weighted by Gasteiger charge is 2.21. The Morgan fingerprint density at radius 3 is 2.79 bits per heavy atom. The van der Waals surface area contributed by atoms with Crippen molar-refractivity contribution in [3.05, 3.63) is 50.8 Å². The van der Waals surface area contributed by atoms with Gasteiger partial charge in [0.1, 0.15) is 16.4 Å². The van der Waals surface area contributed by atoms with Crippen molar-refractivity contribution in [2.24, 2.45) is 0 Å². The molecule has 2 aromatic heterocycles. The first-order valence-electron chi connectivity index (χ1n) is 9.77. The van der Waals surface area contributed by atoms with Gasteiger partial charge in [0.25, 0.3) is 0 Å². The predicted octanol–water partition coefficient (Wildman–Crippen LogP) is 3.99. The number of carbonyl (C=O) groups excluding carboxylic acids is 2. The number of thiophene rings is 1. The summed E-state index contributed by atoms with van der Waals surface area (Å²) in [5.74, 6) is -1.04. The van der Waals surface area contributed by atoms with Gasteiger partial charge in [0.15, 0.2) is 5.82 Å². The SMILES string of the molecule is CC(=O)N1CC(=O)Nc2cc(Nc3ncc(Cl)c(Nc4c(C)csc4C(=O)O)n3)ccc2C1. The lowest BCUT2D eigenvalue weighted by Gasteiger charge is -2.17. The van der Waals surface area contributed by atoms with Crippen LogP contribution in [0, 0.1) is 6.92 Å². The molecule has 0 unspecified atom stereocenters. The molecule has 33 heavy (non-hydrogen) atoms. The molecule has 1 aliphatic heterocycles. The summed E-state index contributed by atoms with van der Waals surface area (Å²) in [5, 5.41) is 20.2. The molecule has 0 saturated carbocycles. The standard InChI is InChI=1S/C21H19ClN6O4S/c1-10-9-33-18(20(31)32)17(10)26-19-14(22)6-23-21(27-19)24-13-4-3-12-7-28(11(2)29)8-16(30)25-15(12)5-13/h3-6,9H,7-8H2,1-2H3,(H,25,30)(H,31,32)(H2,23,24,26,27). The lowest BCUT2D eigenvalue weighted by molar-refractivity contribution is -0.133. The Morgan fingerprint density at radius 2 is 2.06 bits per heavy atom. The number of hydrogen-bond donors (Lipinski definition) is 4. The molecule has 0 saturated heterocycles. The van der Waals surface area contributed by atoms with Crippen LogP contribution in [0.25, 0.3) is 0 Å². The van der Waals surface area contributed by atoms with Crippen molar-refractivity contribution in [3.63, 3.8) is 0 Å². The van der Waals surface area contributed by atoms with E-state index in [-0.39, 0.29) is 40.0 Å². The average Bonchev–Trinajstić information content (AvgIpc) is 3.02. The molecule has 4 N–H and O–H groups in total. The molecule has 0 radical (unpaired) electrons. The second-order valence-electron chi connectivity index (χ2n) is 7.36. The van der Waals surface area contributed by atoms with Gasteiger partial charge in [-0.15, -0.1) is 11.3 Å². The van der Waals surface area contributed by atoms with Gasteiger partial charge in [-0.2, -0.15) is 4.98 Å². The smallest absolute Gasteiger partial charge is 0.348 e. The van der Waals surface area contributed by atoms with E-state index < -0.39 is 5.97 Å². The number of aromatic carboxylic acids is 1. The molecule has 4 rings (SSSR count). The number of fused-ring (bicyclic) bond motifs is 1. The summed E-state index contributed by atoms with van der Waals surface area (Å²) in [5.41, 5.74) is 3.16. The maximum atomic E-state index is 12.2. The zero-order valence-electron chi connectivity index (χ0n) is 17.6. The van der Waals surface area contributed by atoms with Crippen LogP contribution in [-0.4, -0.2) is 44.3 Å². The number of aromatic nitrogens is 2. The summed E-state index contributed by atoms with van der Waals surface area (Å²) in [7, 11) is 0. The largest absolute Gasteiger partial charge is 0.477 e. The molecule has 10 nitrogen and oxygen atoms in total. The van der Waals surface area contributed by atoms with Gasteiger partial charge in [-0.1, -0.05) is 17.7 Å². The van der Waals surface area contributed by atoms with Crippen molar-refractivity contribution >= 4 is 69.5 Å². The van der Waals surface area contributed by atoms with E-state index >= 15 is 0 Å². The average molecular weight is 487 g/mol. The third kappa shape index (κ3) is 4.89. The van der Waals surface area contributed by atoms with E-state index in [2.05, 4.69) is 25.9 Å². The Balaban J connectivity index is 1.58. The fraction of sp³-hybridized carbons (Fsp3) is 0.190. The third-order valence-electron chi connectivity index (χ3n) is 4.94. The van der Waals surface area contributed by atoms with E-state index in [0.29, 0.717) is 23.6 Å². The quantitative estimate of drug-likeness (QED) is 0.425. The molecule has 1 aromatic carbocycles. The Kier molecular flexibility index (Phi) is 6.16. The normalized spacial score (nSPS) is 13.1. The number of aryl methyl sites for hydroxylation is 1. The second kappa shape index (κ2) is 9.04. The van der Waals surface area contributed by atoms with Crippen molar-refractivity contribution in [2.75, 3.05) is 22.5 Å². The van der Waals surface area contributed by atoms with Crippen molar-refractivity contribution in [3.8, 4) is 0 Å². The molecule has 170 valence electrons. The van der Waals surface area contributed by atoms with Crippen molar-refractivity contribution < 1.29 is 19.5 Å². The molecule has 3 heterocycles. The van der Waals surface area contributed by atoms with Crippen LogP contribution in [0.2, 0.25) is 5.02 Å². The summed E-state index contributed by atoms with van der Waals surface area (Å²) >= 11 is 7.34. The summed E-state index contributed by atoms with van der Waals surface area (Å²) in [6.45, 7) is 3.52. The highest BCUT2D eigenvalue weighted by molar-refractivity contribution is 7.12. The summed E-state index contributed by atoms with van der Waals surface area (Å²) in [4.78, 5) is 45.5. The minimum absolute atomic E-state index is 0.0115. The summed E-state index contributed by atoms with van der Waals surface area (Å²) < 4.78 is 0. The zero-order valence-corrected chi connectivity index (χ0v) is 19.2. The van der Waals surface area contributed by atoms with E-state index in [9.17, 15) is 19.5 Å². The molecule has 0 bridgehead atoms. The van der Waals surface area contributed by atoms with Crippen LogP contribution < -0.4 is 16.0 Å². The Bertz CT molecular complexity index is 1280. The van der Waals surface area contributed by atoms with Gasteiger partial charge in [-0.25, -0.2) is 9.78 Å². The topological polar surface area (TPSA) is 137 Å². The Morgan fingerprint density at radius 1 is 1.27 bits per heavy atom. The fourth-order valence-electron chi connectivity index (χ4n) is 3.28. The number of carbonyl (C=O) groups is 3. The molecule has 12 heteroatoms. The Hall–Kier alpha value is -3.70. The number of hydrogen-bond acceptors (Lipinski definition) is 8. The highest BCUT2D eigenvalue weighted by atomic mass is 35.5. The summed E-state index contributed by atoms with van der Waals surface area (Å²) in [6.07, 6.45) is 1.40. The van der Waals surface area contributed by atoms with Crippen LogP contribution in [0.5, 0.6) is 0 Å². The van der Waals surface area contributed by atoms with Gasteiger partial charge in [0, 0.05) is 24.8 Å². The number of rotatable bonds is 5. The number of carboxylic acid groups (broad SMARTS) is 1. The lowest BCUT2D eigenvalue weighted by atomic mass is 10.1. The van der Waals surface area contributed by atoms with Gasteiger partial charge < -0.3 is 26.0 Å². The first-order chi connectivity index (χ1) is 15.7. The van der Waals surface area contributed by atoms with E-state index in [1.54, 1.807) is 24.4 Å². The van der Waals surface area contributed by atoms with Crippen LogP contribution in [0.4, 0.5) is 28.8 Å². The fourth-order valence-corrected chi connectivity index (χ4v) is 4.26. The lowest BCUT2D eigenvalue weighted by Crippen LogP contribution is -2.33. The van der Waals surface area contributed by atoms with Gasteiger partial charge in [-0.05, 0) is 35.6 Å². The van der Waals surface area contributed by atoms with Crippen LogP contribution in [0.3, 0.4) is 0 Å². The third-order valence-corrected chi connectivity index (χ3v) is 6.30. The molecule has 0 spiro atoms. The van der Waals surface area contributed by atoms with E-state index in [1.807, 2.05) is 6.07 Å². The van der Waals surface area contributed by atoms with E-state index in [0.717, 1.165) is 22.5 Å². The molecule has 0 atom stereocenters. The molecular weight excluding hydrogens is 468 g/mol. The maximum Gasteiger partial charge on any atom is 0.348 e. The van der Waals surface area contributed by atoms with Gasteiger partial charge in [0.2, 0.25) is 17.8 Å². The minimum Gasteiger partial charge on any atom is -0.477 e. The van der Waals surface area contributed by atoms with Crippen LogP contribution in [-0.2, 0) is 16.1 Å². The van der Waals surface area contributed by atoms with Crippen molar-refractivity contribution in [1.29, 1.82) is 0 Å². The highest BCUT2D eigenvalue weighted by Crippen LogP contribution is 2.33. The van der Waals surface area contributed by atoms with Crippen LogP contribution in [0.1, 0.15) is 27.7 Å². The number of benzene rings is 1. The van der Waals surface area contributed by atoms with Crippen LogP contribution in [0.15, 0.2) is 29.8 Å². The van der Waals surface area contributed by atoms with Crippen LogP contribution >= 0.6 is 22.9 Å². The summed E-state index contributed by atoms with van der Waals surface area (Å²) in [6, 6.07) is 5.32. The first kappa shape index (κ1) is 22.5. The van der Waals surface area contributed by atoms with E-state index in [4.69, 9.17) is 11.6 Å². The zero-order chi connectivity index (χ0) is 23.7. The molecule has 3 aromatic rings. The number of amides is 2. The van der Waals surface area contributed by atoms with Crippen molar-refractivity contribution in [1.82, 2.24) is 14.9 Å². The van der Waals surface area contributed by atoms with Gasteiger partial charge in [-0.3, -0.25) is 9.59 Å². The Labute approximate surface area is 197 Å². The first-order valence-corrected chi connectivity index (χ1v) is 11.0. The van der Waals surface area contributed by atoms with Gasteiger partial charge in [0.05, 0.1) is 11.9 Å². The van der Waals surface area contributed by atoms with Gasteiger partial charge >= 0.3 is 5.97 Å². The number of nitrogens with zero attached hydrogens (tertiary/aromatic N) is 3. The molecule has 0 fully saturated rings. The molecule has 1 aliphatic rings. The number of halogens is 1. The predicted molar refractivity (Wildman–Crippen MR) is 126 cm³/mol. The molecule has 2 amide bonds.